The van der Waals surface area contributed by atoms with E-state index in [4.69, 9.17) is 14.5 Å². The number of ether oxygens (including phenoxy) is 2. The fourth-order valence-corrected chi connectivity index (χ4v) is 3.95. The van der Waals surface area contributed by atoms with E-state index in [2.05, 4.69) is 0 Å². The summed E-state index contributed by atoms with van der Waals surface area (Å²) in [6, 6.07) is 26.0. The van der Waals surface area contributed by atoms with Gasteiger partial charge in [0.25, 0.3) is 0 Å². The Morgan fingerprint density at radius 1 is 0.935 bits per heavy atom. The van der Waals surface area contributed by atoms with Gasteiger partial charge < -0.3 is 9.47 Å². The number of esters is 1. The Kier molecular flexibility index (Phi) is 5.13. The first-order chi connectivity index (χ1) is 15.2. The minimum absolute atomic E-state index is 0.325. The van der Waals surface area contributed by atoms with Gasteiger partial charge in [-0.1, -0.05) is 60.7 Å². The molecule has 0 radical (unpaired) electrons. The minimum Gasteiger partial charge on any atom is -0.489 e. The van der Waals surface area contributed by atoms with Crippen molar-refractivity contribution in [3.05, 3.63) is 95.7 Å². The van der Waals surface area contributed by atoms with E-state index in [1.54, 1.807) is 0 Å². The summed E-state index contributed by atoms with van der Waals surface area (Å²) in [6.45, 7) is 0.512. The molecule has 0 spiro atoms. The van der Waals surface area contributed by atoms with Crippen molar-refractivity contribution in [3.63, 3.8) is 0 Å². The van der Waals surface area contributed by atoms with Crippen LogP contribution in [0.15, 0.2) is 78.9 Å². The first-order valence-corrected chi connectivity index (χ1v) is 10.5. The van der Waals surface area contributed by atoms with Gasteiger partial charge in [-0.05, 0) is 42.2 Å². The van der Waals surface area contributed by atoms with Crippen LogP contribution >= 0.6 is 0 Å². The van der Waals surface area contributed by atoms with Crippen molar-refractivity contribution < 1.29 is 14.3 Å². The van der Waals surface area contributed by atoms with Crippen LogP contribution in [0.3, 0.4) is 0 Å². The van der Waals surface area contributed by atoms with E-state index in [1.807, 2.05) is 78.9 Å². The Labute approximate surface area is 181 Å². The number of rotatable bonds is 6. The molecule has 0 unspecified atom stereocenters. The number of fused-ring (bicyclic) bond motifs is 1. The molecule has 0 amide bonds. The zero-order chi connectivity index (χ0) is 21.2. The minimum atomic E-state index is -0.334. The number of para-hydroxylation sites is 1. The second-order valence-corrected chi connectivity index (χ2v) is 7.83. The highest BCUT2D eigenvalue weighted by atomic mass is 16.5. The number of pyridine rings is 1. The van der Waals surface area contributed by atoms with Crippen molar-refractivity contribution in [1.82, 2.24) is 4.98 Å². The molecule has 0 bridgehead atoms. The fraction of sp³-hybridized carbons (Fsp3) is 0.185. The Morgan fingerprint density at radius 2 is 1.65 bits per heavy atom. The van der Waals surface area contributed by atoms with Gasteiger partial charge in [0.2, 0.25) is 0 Å². The van der Waals surface area contributed by atoms with E-state index < -0.39 is 0 Å². The Hall–Kier alpha value is -3.66. The Bertz CT molecular complexity index is 1230. The second-order valence-electron chi connectivity index (χ2n) is 7.83. The van der Waals surface area contributed by atoms with Gasteiger partial charge in [0.05, 0.1) is 23.9 Å². The second kappa shape index (κ2) is 8.23. The van der Waals surface area contributed by atoms with Gasteiger partial charge in [-0.3, -0.25) is 4.98 Å². The highest BCUT2D eigenvalue weighted by Crippen LogP contribution is 2.45. The molecule has 0 N–H and O–H groups in total. The van der Waals surface area contributed by atoms with Crippen molar-refractivity contribution in [1.29, 1.82) is 0 Å². The molecule has 1 aromatic heterocycles. The zero-order valence-corrected chi connectivity index (χ0v) is 17.4. The molecular formula is C27H23NO3. The average molecular weight is 409 g/mol. The molecule has 0 aliphatic heterocycles. The molecule has 0 saturated heterocycles. The van der Waals surface area contributed by atoms with Crippen LogP contribution in [0.25, 0.3) is 22.0 Å². The van der Waals surface area contributed by atoms with Gasteiger partial charge >= 0.3 is 5.97 Å². The van der Waals surface area contributed by atoms with Crippen LogP contribution in [-0.2, 0) is 11.3 Å². The van der Waals surface area contributed by atoms with E-state index in [0.717, 1.165) is 51.9 Å². The maximum Gasteiger partial charge on any atom is 0.340 e. The number of methoxy groups -OCH3 is 1. The van der Waals surface area contributed by atoms with E-state index in [1.165, 1.54) is 7.11 Å². The molecule has 1 saturated carbocycles. The van der Waals surface area contributed by atoms with Gasteiger partial charge in [-0.15, -0.1) is 0 Å². The molecule has 154 valence electrons. The third kappa shape index (κ3) is 3.89. The van der Waals surface area contributed by atoms with Gasteiger partial charge in [0.15, 0.2) is 0 Å². The molecule has 1 aliphatic carbocycles. The number of nitrogens with zero attached hydrogens (tertiary/aromatic N) is 1. The summed E-state index contributed by atoms with van der Waals surface area (Å²) >= 11 is 0. The lowest BCUT2D eigenvalue weighted by Crippen LogP contribution is -2.10. The third-order valence-corrected chi connectivity index (χ3v) is 5.67. The predicted octanol–water partition coefficient (Wildman–Crippen LogP) is 6.14. The normalized spacial score (nSPS) is 13.2. The lowest BCUT2D eigenvalue weighted by molar-refractivity contribution is 0.0600. The van der Waals surface area contributed by atoms with E-state index in [0.29, 0.717) is 18.1 Å². The first kappa shape index (κ1) is 19.3. The van der Waals surface area contributed by atoms with Gasteiger partial charge in [0, 0.05) is 16.9 Å². The Morgan fingerprint density at radius 3 is 2.35 bits per heavy atom. The van der Waals surface area contributed by atoms with Crippen molar-refractivity contribution in [3.8, 4) is 16.9 Å². The van der Waals surface area contributed by atoms with Crippen LogP contribution in [0.5, 0.6) is 5.75 Å². The molecule has 4 heteroatoms. The first-order valence-electron chi connectivity index (χ1n) is 10.5. The zero-order valence-electron chi connectivity index (χ0n) is 17.4. The number of hydrogen-bond acceptors (Lipinski definition) is 4. The standard InChI is InChI=1S/C27H23NO3/c1-30-27(29)25-24(22-9-5-6-10-23(22)28-26(25)20-11-12-20)19-13-15-21(16-14-19)31-17-18-7-3-2-4-8-18/h2-10,13-16,20H,11-12,17H2,1H3. The number of carbonyl (C=O) groups is 1. The monoisotopic (exact) mass is 409 g/mol. The van der Waals surface area contributed by atoms with Crippen LogP contribution in [0, 0.1) is 0 Å². The fourth-order valence-electron chi connectivity index (χ4n) is 3.95. The van der Waals surface area contributed by atoms with E-state index >= 15 is 0 Å². The molecule has 4 nitrogen and oxygen atoms in total. The maximum atomic E-state index is 12.8. The predicted molar refractivity (Wildman–Crippen MR) is 121 cm³/mol. The molecule has 4 aromatic rings. The summed E-state index contributed by atoms with van der Waals surface area (Å²) in [5.74, 6) is 0.776. The number of benzene rings is 3. The molecule has 1 fully saturated rings. The summed E-state index contributed by atoms with van der Waals surface area (Å²) in [4.78, 5) is 17.7. The summed E-state index contributed by atoms with van der Waals surface area (Å²) in [5, 5.41) is 0.949. The topological polar surface area (TPSA) is 48.4 Å². The lowest BCUT2D eigenvalue weighted by atomic mass is 9.92. The molecule has 1 aliphatic rings. The summed E-state index contributed by atoms with van der Waals surface area (Å²) in [6.07, 6.45) is 2.11. The van der Waals surface area contributed by atoms with Crippen LogP contribution in [0.1, 0.15) is 40.4 Å². The van der Waals surface area contributed by atoms with Crippen LogP contribution in [0.2, 0.25) is 0 Å². The highest BCUT2D eigenvalue weighted by molar-refractivity contribution is 6.08. The molecular weight excluding hydrogens is 386 g/mol. The van der Waals surface area contributed by atoms with Gasteiger partial charge in [-0.2, -0.15) is 0 Å². The number of carbonyl (C=O) groups excluding carboxylic acids is 1. The van der Waals surface area contributed by atoms with E-state index in [-0.39, 0.29) is 5.97 Å². The maximum absolute atomic E-state index is 12.8. The summed E-state index contributed by atoms with van der Waals surface area (Å²) in [5.41, 5.74) is 5.29. The molecule has 0 atom stereocenters. The van der Waals surface area contributed by atoms with Crippen LogP contribution < -0.4 is 4.74 Å². The smallest absolute Gasteiger partial charge is 0.340 e. The highest BCUT2D eigenvalue weighted by Gasteiger charge is 2.33. The van der Waals surface area contributed by atoms with Gasteiger partial charge in [-0.25, -0.2) is 4.79 Å². The van der Waals surface area contributed by atoms with Crippen molar-refractivity contribution in [2.45, 2.75) is 25.4 Å². The van der Waals surface area contributed by atoms with Crippen molar-refractivity contribution in [2.75, 3.05) is 7.11 Å². The number of aromatic nitrogens is 1. The number of hydrogen-bond donors (Lipinski definition) is 0. The quantitative estimate of drug-likeness (QED) is 0.359. The SMILES string of the molecule is COC(=O)c1c(C2CC2)nc2ccccc2c1-c1ccc(OCc2ccccc2)cc1. The molecule has 1 heterocycles. The van der Waals surface area contributed by atoms with Crippen molar-refractivity contribution >= 4 is 16.9 Å². The van der Waals surface area contributed by atoms with E-state index in [9.17, 15) is 4.79 Å². The summed E-state index contributed by atoms with van der Waals surface area (Å²) in [7, 11) is 1.43. The third-order valence-electron chi connectivity index (χ3n) is 5.67. The lowest BCUT2D eigenvalue weighted by Gasteiger charge is -2.16. The average Bonchev–Trinajstić information content (AvgIpc) is 3.67. The largest absolute Gasteiger partial charge is 0.489 e. The van der Waals surface area contributed by atoms with Crippen LogP contribution in [0.4, 0.5) is 0 Å². The summed E-state index contributed by atoms with van der Waals surface area (Å²) < 4.78 is 11.1. The molecule has 31 heavy (non-hydrogen) atoms. The molecule has 5 rings (SSSR count). The van der Waals surface area contributed by atoms with Crippen molar-refractivity contribution in [2.24, 2.45) is 0 Å². The Balaban J connectivity index is 1.56. The molecule has 3 aromatic carbocycles. The van der Waals surface area contributed by atoms with Crippen LogP contribution in [-0.4, -0.2) is 18.1 Å². The van der Waals surface area contributed by atoms with Gasteiger partial charge in [0.1, 0.15) is 12.4 Å².